The van der Waals surface area contributed by atoms with Crippen LogP contribution in [0.15, 0.2) is 18.3 Å². The maximum atomic E-state index is 5.66. The molecule has 0 radical (unpaired) electrons. The van der Waals surface area contributed by atoms with E-state index >= 15 is 0 Å². The lowest BCUT2D eigenvalue weighted by molar-refractivity contribution is 0.213. The summed E-state index contributed by atoms with van der Waals surface area (Å²) in [6.45, 7) is 6.19. The first-order chi connectivity index (χ1) is 9.31. The lowest BCUT2D eigenvalue weighted by atomic mass is 9.97. The number of hydrogen-bond donors (Lipinski definition) is 1. The Morgan fingerprint density at radius 2 is 2.32 bits per heavy atom. The zero-order chi connectivity index (χ0) is 13.2. The smallest absolute Gasteiger partial charge is 0.161 e. The van der Waals surface area contributed by atoms with Crippen molar-refractivity contribution in [1.29, 1.82) is 0 Å². The van der Waals surface area contributed by atoms with Crippen LogP contribution in [-0.4, -0.2) is 39.1 Å². The quantitative estimate of drug-likeness (QED) is 0.905. The summed E-state index contributed by atoms with van der Waals surface area (Å²) < 4.78 is 2.11. The average Bonchev–Trinajstić information content (AvgIpc) is 2.90. The van der Waals surface area contributed by atoms with Gasteiger partial charge < -0.3 is 10.6 Å². The Morgan fingerprint density at radius 3 is 3.11 bits per heavy atom. The zero-order valence-electron chi connectivity index (χ0n) is 11.4. The van der Waals surface area contributed by atoms with Crippen LogP contribution in [0.3, 0.4) is 0 Å². The van der Waals surface area contributed by atoms with Crippen LogP contribution in [0, 0.1) is 0 Å². The number of hydrogen-bond acceptors (Lipinski definition) is 4. The van der Waals surface area contributed by atoms with Crippen LogP contribution in [0.2, 0.25) is 0 Å². The first-order valence-corrected chi connectivity index (χ1v) is 7.07. The molecule has 1 unspecified atom stereocenters. The molecule has 1 aliphatic rings. The number of fused-ring (bicyclic) bond motifs is 1. The second-order valence-corrected chi connectivity index (χ2v) is 5.26. The molecule has 0 saturated carbocycles. The van der Waals surface area contributed by atoms with E-state index in [4.69, 9.17) is 5.73 Å². The van der Waals surface area contributed by atoms with Crippen molar-refractivity contribution in [3.63, 3.8) is 0 Å². The molecule has 0 bridgehead atoms. The molecule has 1 aliphatic heterocycles. The first kappa shape index (κ1) is 12.6. The third kappa shape index (κ3) is 2.35. The number of nitrogens with zero attached hydrogens (tertiary/aromatic N) is 4. The first-order valence-electron chi connectivity index (χ1n) is 7.07. The molecule has 1 fully saturated rings. The van der Waals surface area contributed by atoms with Crippen molar-refractivity contribution >= 4 is 5.65 Å². The lowest BCUT2D eigenvalue weighted by Gasteiger charge is -2.30. The normalized spacial score (nSPS) is 21.1. The molecule has 2 aromatic heterocycles. The number of aromatic nitrogens is 3. The summed E-state index contributed by atoms with van der Waals surface area (Å²) in [4.78, 5) is 2.49. The lowest BCUT2D eigenvalue weighted by Crippen LogP contribution is -2.34. The van der Waals surface area contributed by atoms with Gasteiger partial charge in [-0.05, 0) is 43.6 Å². The van der Waals surface area contributed by atoms with Gasteiger partial charge in [0.2, 0.25) is 0 Å². The number of nitrogens with two attached hydrogens (primary N) is 1. The molecule has 0 spiro atoms. The van der Waals surface area contributed by atoms with E-state index in [9.17, 15) is 0 Å². The van der Waals surface area contributed by atoms with Crippen LogP contribution in [0.25, 0.3) is 5.65 Å². The van der Waals surface area contributed by atoms with Gasteiger partial charge in [-0.15, -0.1) is 10.2 Å². The highest BCUT2D eigenvalue weighted by Crippen LogP contribution is 2.25. The molecular formula is C14H21N5. The summed E-state index contributed by atoms with van der Waals surface area (Å²) in [5, 5.41) is 8.70. The highest BCUT2D eigenvalue weighted by atomic mass is 15.3. The van der Waals surface area contributed by atoms with Gasteiger partial charge in [0.1, 0.15) is 5.82 Å². The van der Waals surface area contributed by atoms with Crippen molar-refractivity contribution < 1.29 is 0 Å². The number of likely N-dealkylation sites (N-methyl/N-ethyl adjacent to an activating group) is 1. The molecule has 102 valence electrons. The van der Waals surface area contributed by atoms with E-state index in [1.807, 2.05) is 6.07 Å². The van der Waals surface area contributed by atoms with Crippen LogP contribution in [-0.2, 0) is 6.54 Å². The van der Waals surface area contributed by atoms with Gasteiger partial charge in [0.05, 0.1) is 0 Å². The van der Waals surface area contributed by atoms with E-state index in [2.05, 4.69) is 38.7 Å². The van der Waals surface area contributed by atoms with Gasteiger partial charge in [-0.2, -0.15) is 0 Å². The number of pyridine rings is 1. The molecule has 5 nitrogen and oxygen atoms in total. The third-order valence-electron chi connectivity index (χ3n) is 4.05. The Bertz CT molecular complexity index is 562. The number of rotatable bonds is 3. The maximum absolute atomic E-state index is 5.66. The van der Waals surface area contributed by atoms with Gasteiger partial charge in [-0.3, -0.25) is 4.40 Å². The van der Waals surface area contributed by atoms with E-state index in [0.29, 0.717) is 12.5 Å². The molecule has 0 amide bonds. The minimum Gasteiger partial charge on any atom is -0.326 e. The largest absolute Gasteiger partial charge is 0.326 e. The fourth-order valence-corrected chi connectivity index (χ4v) is 2.91. The maximum Gasteiger partial charge on any atom is 0.161 e. The standard InChI is InChI=1S/C14H21N5/c1-2-18-6-3-4-12(10-18)14-17-16-13-8-11(9-15)5-7-19(13)14/h5,7-8,12H,2-4,6,9-10,15H2,1H3. The number of piperidine rings is 1. The van der Waals surface area contributed by atoms with E-state index in [1.54, 1.807) is 0 Å². The molecule has 5 heteroatoms. The van der Waals surface area contributed by atoms with Crippen molar-refractivity contribution in [3.8, 4) is 0 Å². The monoisotopic (exact) mass is 259 g/mol. The Balaban J connectivity index is 1.92. The summed E-state index contributed by atoms with van der Waals surface area (Å²) in [7, 11) is 0. The van der Waals surface area contributed by atoms with E-state index in [0.717, 1.165) is 30.1 Å². The van der Waals surface area contributed by atoms with Crippen LogP contribution >= 0.6 is 0 Å². The minimum atomic E-state index is 0.493. The van der Waals surface area contributed by atoms with Crippen molar-refractivity contribution in [1.82, 2.24) is 19.5 Å². The van der Waals surface area contributed by atoms with Gasteiger partial charge >= 0.3 is 0 Å². The fourth-order valence-electron chi connectivity index (χ4n) is 2.91. The van der Waals surface area contributed by atoms with Crippen molar-refractivity contribution in [3.05, 3.63) is 29.7 Å². The Labute approximate surface area is 113 Å². The van der Waals surface area contributed by atoms with E-state index in [-0.39, 0.29) is 0 Å². The van der Waals surface area contributed by atoms with Crippen LogP contribution in [0.1, 0.15) is 37.1 Å². The van der Waals surface area contributed by atoms with Crippen molar-refractivity contribution in [2.75, 3.05) is 19.6 Å². The van der Waals surface area contributed by atoms with Crippen LogP contribution in [0.5, 0.6) is 0 Å². The molecule has 1 saturated heterocycles. The number of likely N-dealkylation sites (tertiary alicyclic amines) is 1. The Morgan fingerprint density at radius 1 is 1.42 bits per heavy atom. The second-order valence-electron chi connectivity index (χ2n) is 5.26. The molecule has 0 aliphatic carbocycles. The SMILES string of the molecule is CCN1CCCC(c2nnc3cc(CN)ccn23)C1. The zero-order valence-corrected chi connectivity index (χ0v) is 11.4. The highest BCUT2D eigenvalue weighted by Gasteiger charge is 2.24. The predicted octanol–water partition coefficient (Wildman–Crippen LogP) is 1.39. The molecule has 2 N–H and O–H groups in total. The van der Waals surface area contributed by atoms with Crippen molar-refractivity contribution in [2.45, 2.75) is 32.2 Å². The molecule has 19 heavy (non-hydrogen) atoms. The Hall–Kier alpha value is -1.46. The molecule has 1 atom stereocenters. The summed E-state index contributed by atoms with van der Waals surface area (Å²) in [6.07, 6.45) is 4.50. The van der Waals surface area contributed by atoms with E-state index in [1.165, 1.54) is 19.4 Å². The third-order valence-corrected chi connectivity index (χ3v) is 4.05. The van der Waals surface area contributed by atoms with Crippen LogP contribution in [0.4, 0.5) is 0 Å². The molecular weight excluding hydrogens is 238 g/mol. The molecule has 2 aromatic rings. The molecule has 0 aromatic carbocycles. The average molecular weight is 259 g/mol. The van der Waals surface area contributed by atoms with Gasteiger partial charge in [0, 0.05) is 25.2 Å². The van der Waals surface area contributed by atoms with E-state index < -0.39 is 0 Å². The van der Waals surface area contributed by atoms with Crippen molar-refractivity contribution in [2.24, 2.45) is 5.73 Å². The van der Waals surface area contributed by atoms with Gasteiger partial charge in [0.15, 0.2) is 5.65 Å². The minimum absolute atomic E-state index is 0.493. The second kappa shape index (κ2) is 5.27. The predicted molar refractivity (Wildman–Crippen MR) is 75.0 cm³/mol. The fraction of sp³-hybridized carbons (Fsp3) is 0.571. The summed E-state index contributed by atoms with van der Waals surface area (Å²) in [5.41, 5.74) is 7.67. The highest BCUT2D eigenvalue weighted by molar-refractivity contribution is 5.41. The summed E-state index contributed by atoms with van der Waals surface area (Å²) >= 11 is 0. The van der Waals surface area contributed by atoms with Gasteiger partial charge in [-0.1, -0.05) is 6.92 Å². The van der Waals surface area contributed by atoms with Gasteiger partial charge in [-0.25, -0.2) is 0 Å². The summed E-state index contributed by atoms with van der Waals surface area (Å²) in [6, 6.07) is 4.08. The van der Waals surface area contributed by atoms with Crippen LogP contribution < -0.4 is 5.73 Å². The topological polar surface area (TPSA) is 59.5 Å². The Kier molecular flexibility index (Phi) is 3.48. The summed E-state index contributed by atoms with van der Waals surface area (Å²) in [5.74, 6) is 1.59. The molecule has 3 heterocycles. The molecule has 3 rings (SSSR count). The van der Waals surface area contributed by atoms with Gasteiger partial charge in [0.25, 0.3) is 0 Å².